The van der Waals surface area contributed by atoms with Gasteiger partial charge in [0, 0.05) is 0 Å². The van der Waals surface area contributed by atoms with Crippen molar-refractivity contribution in [2.75, 3.05) is 0 Å². The van der Waals surface area contributed by atoms with Gasteiger partial charge in [0.25, 0.3) is 5.91 Å². The minimum absolute atomic E-state index is 0.810. The largest absolute Gasteiger partial charge is 0.506 e. The van der Waals surface area contributed by atoms with Gasteiger partial charge in [-0.2, -0.15) is 0 Å². The Balaban J connectivity index is 4.13. The number of carbonyl (C=O) groups is 2. The van der Waals surface area contributed by atoms with Crippen LogP contribution >= 0.6 is 0 Å². The van der Waals surface area contributed by atoms with Gasteiger partial charge < -0.3 is 15.6 Å². The summed E-state index contributed by atoms with van der Waals surface area (Å²) in [4.78, 5) is 20.3. The average Bonchev–Trinajstić information content (AvgIpc) is 1.60. The van der Waals surface area contributed by atoms with Gasteiger partial charge >= 0.3 is 6.16 Å². The SMILES string of the molecule is CC(C)(OC(=O)O)C(N)=O. The van der Waals surface area contributed by atoms with E-state index in [-0.39, 0.29) is 0 Å². The fourth-order valence-corrected chi connectivity index (χ4v) is 0.269. The average molecular weight is 147 g/mol. The monoisotopic (exact) mass is 147 g/mol. The van der Waals surface area contributed by atoms with Crippen molar-refractivity contribution in [3.63, 3.8) is 0 Å². The fourth-order valence-electron chi connectivity index (χ4n) is 0.269. The van der Waals surface area contributed by atoms with Crippen molar-refractivity contribution in [1.82, 2.24) is 0 Å². The Morgan fingerprint density at radius 1 is 1.50 bits per heavy atom. The summed E-state index contributed by atoms with van der Waals surface area (Å²) in [5, 5.41) is 8.07. The van der Waals surface area contributed by atoms with Crippen molar-refractivity contribution < 1.29 is 19.4 Å². The molecule has 58 valence electrons. The molecule has 0 aromatic rings. The third-order valence-electron chi connectivity index (χ3n) is 0.936. The number of primary amides is 1. The van der Waals surface area contributed by atoms with Crippen molar-refractivity contribution in [3.05, 3.63) is 0 Å². The number of amides is 1. The Morgan fingerprint density at radius 2 is 1.90 bits per heavy atom. The van der Waals surface area contributed by atoms with E-state index in [9.17, 15) is 9.59 Å². The summed E-state index contributed by atoms with van der Waals surface area (Å²) in [5.41, 5.74) is 3.35. The predicted molar refractivity (Wildman–Crippen MR) is 32.4 cm³/mol. The molecular formula is C5H9NO4. The van der Waals surface area contributed by atoms with Gasteiger partial charge in [0.1, 0.15) is 0 Å². The highest BCUT2D eigenvalue weighted by Gasteiger charge is 2.29. The molecule has 10 heavy (non-hydrogen) atoms. The second-order valence-corrected chi connectivity index (χ2v) is 2.24. The molecule has 0 rings (SSSR count). The summed E-state index contributed by atoms with van der Waals surface area (Å²) in [5.74, 6) is -0.810. The summed E-state index contributed by atoms with van der Waals surface area (Å²) in [7, 11) is 0. The van der Waals surface area contributed by atoms with Crippen LogP contribution in [0.25, 0.3) is 0 Å². The highest BCUT2D eigenvalue weighted by Crippen LogP contribution is 2.07. The van der Waals surface area contributed by atoms with E-state index in [0.29, 0.717) is 0 Å². The highest BCUT2D eigenvalue weighted by atomic mass is 16.7. The third-order valence-corrected chi connectivity index (χ3v) is 0.936. The molecule has 0 radical (unpaired) electrons. The standard InChI is InChI=1S/C5H9NO4/c1-5(2,3(6)7)10-4(8)9/h1-2H3,(H2,6,7)(H,8,9). The smallest absolute Gasteiger partial charge is 0.450 e. The van der Waals surface area contributed by atoms with E-state index < -0.39 is 17.7 Å². The van der Waals surface area contributed by atoms with Gasteiger partial charge in [0.15, 0.2) is 5.60 Å². The molecule has 0 fully saturated rings. The lowest BCUT2D eigenvalue weighted by Gasteiger charge is -2.17. The molecule has 0 bridgehead atoms. The van der Waals surface area contributed by atoms with Crippen molar-refractivity contribution >= 4 is 12.1 Å². The number of nitrogens with two attached hydrogens (primary N) is 1. The minimum atomic E-state index is -1.51. The van der Waals surface area contributed by atoms with E-state index >= 15 is 0 Å². The van der Waals surface area contributed by atoms with Gasteiger partial charge in [-0.25, -0.2) is 4.79 Å². The van der Waals surface area contributed by atoms with Crippen molar-refractivity contribution in [2.45, 2.75) is 19.4 Å². The van der Waals surface area contributed by atoms with Crippen LogP contribution < -0.4 is 5.73 Å². The van der Waals surface area contributed by atoms with Gasteiger partial charge in [-0.15, -0.1) is 0 Å². The van der Waals surface area contributed by atoms with Gasteiger partial charge in [-0.3, -0.25) is 4.79 Å². The molecular weight excluding hydrogens is 138 g/mol. The Bertz CT molecular complexity index is 163. The van der Waals surface area contributed by atoms with E-state index in [2.05, 4.69) is 4.74 Å². The number of rotatable bonds is 2. The minimum Gasteiger partial charge on any atom is -0.450 e. The summed E-state index contributed by atoms with van der Waals surface area (Å²) >= 11 is 0. The molecule has 5 heteroatoms. The lowest BCUT2D eigenvalue weighted by molar-refractivity contribution is -0.134. The lowest BCUT2D eigenvalue weighted by atomic mass is 10.1. The molecule has 0 heterocycles. The van der Waals surface area contributed by atoms with Crippen LogP contribution in [0.4, 0.5) is 4.79 Å². The second-order valence-electron chi connectivity index (χ2n) is 2.24. The maximum atomic E-state index is 10.4. The third kappa shape index (κ3) is 2.34. The van der Waals surface area contributed by atoms with Gasteiger partial charge in [0.05, 0.1) is 0 Å². The van der Waals surface area contributed by atoms with E-state index in [1.165, 1.54) is 13.8 Å². The summed E-state index contributed by atoms with van der Waals surface area (Å²) in [6, 6.07) is 0. The Hall–Kier alpha value is -1.26. The van der Waals surface area contributed by atoms with E-state index in [1.54, 1.807) is 0 Å². The Labute approximate surface area is 57.8 Å². The zero-order valence-electron chi connectivity index (χ0n) is 5.75. The first-order valence-electron chi connectivity index (χ1n) is 2.58. The van der Waals surface area contributed by atoms with E-state index in [1.807, 2.05) is 0 Å². The molecule has 0 aliphatic rings. The molecule has 0 aromatic heterocycles. The topological polar surface area (TPSA) is 89.6 Å². The molecule has 0 aromatic carbocycles. The zero-order chi connectivity index (χ0) is 8.36. The van der Waals surface area contributed by atoms with Crippen LogP contribution in [0, 0.1) is 0 Å². The molecule has 0 aliphatic heterocycles. The molecule has 5 nitrogen and oxygen atoms in total. The first-order valence-corrected chi connectivity index (χ1v) is 2.58. The highest BCUT2D eigenvalue weighted by molar-refractivity contribution is 5.84. The number of ether oxygens (including phenoxy) is 1. The zero-order valence-corrected chi connectivity index (χ0v) is 5.75. The maximum Gasteiger partial charge on any atom is 0.506 e. The normalized spacial score (nSPS) is 10.6. The molecule has 3 N–H and O–H groups in total. The molecule has 1 amide bonds. The Kier molecular flexibility index (Phi) is 2.23. The second kappa shape index (κ2) is 2.55. The maximum absolute atomic E-state index is 10.4. The molecule has 0 unspecified atom stereocenters. The molecule has 0 spiro atoms. The fraction of sp³-hybridized carbons (Fsp3) is 0.600. The summed E-state index contributed by atoms with van der Waals surface area (Å²) < 4.78 is 4.14. The van der Waals surface area contributed by atoms with Crippen LogP contribution in [-0.2, 0) is 9.53 Å². The lowest BCUT2D eigenvalue weighted by Crippen LogP contribution is -2.41. The predicted octanol–water partition coefficient (Wildman–Crippen LogP) is -0.0551. The van der Waals surface area contributed by atoms with Crippen LogP contribution in [0.3, 0.4) is 0 Å². The number of carbonyl (C=O) groups excluding carboxylic acids is 1. The quantitative estimate of drug-likeness (QED) is 0.535. The first-order chi connectivity index (χ1) is 4.36. The summed E-state index contributed by atoms with van der Waals surface area (Å²) in [6.07, 6.45) is -1.51. The first kappa shape index (κ1) is 8.74. The van der Waals surface area contributed by atoms with E-state index in [0.717, 1.165) is 0 Å². The van der Waals surface area contributed by atoms with Crippen LogP contribution in [0.2, 0.25) is 0 Å². The van der Waals surface area contributed by atoms with Crippen LogP contribution in [0.1, 0.15) is 13.8 Å². The van der Waals surface area contributed by atoms with Crippen LogP contribution in [0.5, 0.6) is 0 Å². The number of hydrogen-bond donors (Lipinski definition) is 2. The molecule has 0 saturated carbocycles. The molecule has 0 atom stereocenters. The molecule has 0 saturated heterocycles. The van der Waals surface area contributed by atoms with E-state index in [4.69, 9.17) is 10.8 Å². The number of hydrogen-bond acceptors (Lipinski definition) is 3. The molecule has 0 aliphatic carbocycles. The summed E-state index contributed by atoms with van der Waals surface area (Å²) in [6.45, 7) is 2.56. The van der Waals surface area contributed by atoms with Crippen molar-refractivity contribution in [3.8, 4) is 0 Å². The van der Waals surface area contributed by atoms with Crippen LogP contribution in [0.15, 0.2) is 0 Å². The van der Waals surface area contributed by atoms with Gasteiger partial charge in [0.2, 0.25) is 0 Å². The number of carboxylic acid groups (broad SMARTS) is 1. The van der Waals surface area contributed by atoms with Crippen molar-refractivity contribution in [1.29, 1.82) is 0 Å². The Morgan fingerprint density at radius 3 is 2.00 bits per heavy atom. The van der Waals surface area contributed by atoms with Crippen LogP contribution in [-0.4, -0.2) is 22.8 Å². The van der Waals surface area contributed by atoms with Gasteiger partial charge in [-0.1, -0.05) is 0 Å². The van der Waals surface area contributed by atoms with Gasteiger partial charge in [-0.05, 0) is 13.8 Å². The van der Waals surface area contributed by atoms with Crippen molar-refractivity contribution in [2.24, 2.45) is 5.73 Å².